The molecule has 0 atom stereocenters. The Morgan fingerprint density at radius 1 is 1.00 bits per heavy atom. The van der Waals surface area contributed by atoms with Crippen LogP contribution >= 0.6 is 22.9 Å². The second kappa shape index (κ2) is 9.54. The molecule has 3 aromatic rings. The van der Waals surface area contributed by atoms with Gasteiger partial charge in [-0.3, -0.25) is 14.9 Å². The number of hydrogen-bond donors (Lipinski definition) is 3. The first-order chi connectivity index (χ1) is 14.8. The van der Waals surface area contributed by atoms with Gasteiger partial charge in [-0.05, 0) is 41.8 Å². The fraction of sp³-hybridized carbons (Fsp3) is 0.0500. The van der Waals surface area contributed by atoms with Gasteiger partial charge in [-0.25, -0.2) is 13.6 Å². The zero-order valence-electron chi connectivity index (χ0n) is 15.8. The fourth-order valence-electron chi connectivity index (χ4n) is 2.50. The first-order valence-corrected chi connectivity index (χ1v) is 9.84. The summed E-state index contributed by atoms with van der Waals surface area (Å²) in [4.78, 5) is 37.1. The molecule has 0 saturated carbocycles. The maximum atomic E-state index is 13.4. The molecule has 3 N–H and O–H groups in total. The van der Waals surface area contributed by atoms with Crippen LogP contribution in [0.2, 0.25) is 5.02 Å². The number of halogens is 3. The molecule has 4 amide bonds. The minimum Gasteiger partial charge on any atom is -0.495 e. The lowest BCUT2D eigenvalue weighted by atomic mass is 10.2. The Bertz CT molecular complexity index is 1160. The number of imide groups is 1. The van der Waals surface area contributed by atoms with Gasteiger partial charge in [-0.2, -0.15) is 0 Å². The van der Waals surface area contributed by atoms with Crippen molar-refractivity contribution in [3.63, 3.8) is 0 Å². The lowest BCUT2D eigenvalue weighted by molar-refractivity contribution is 0.0965. The van der Waals surface area contributed by atoms with Gasteiger partial charge in [-0.15, -0.1) is 11.3 Å². The molecule has 3 rings (SSSR count). The predicted octanol–water partition coefficient (Wildman–Crippen LogP) is 4.90. The van der Waals surface area contributed by atoms with E-state index in [1.807, 2.05) is 5.32 Å². The van der Waals surface area contributed by atoms with Crippen molar-refractivity contribution >= 4 is 52.2 Å². The minimum absolute atomic E-state index is 0.146. The molecular formula is C20H14ClF2N3O4S. The van der Waals surface area contributed by atoms with Crippen molar-refractivity contribution in [2.45, 2.75) is 0 Å². The van der Waals surface area contributed by atoms with Gasteiger partial charge in [0.1, 0.15) is 5.75 Å². The molecule has 11 heteroatoms. The van der Waals surface area contributed by atoms with Crippen LogP contribution in [-0.2, 0) is 0 Å². The van der Waals surface area contributed by atoms with E-state index in [-0.39, 0.29) is 22.4 Å². The predicted molar refractivity (Wildman–Crippen MR) is 113 cm³/mol. The van der Waals surface area contributed by atoms with E-state index in [2.05, 4.69) is 10.6 Å². The Morgan fingerprint density at radius 2 is 1.74 bits per heavy atom. The third-order valence-corrected chi connectivity index (χ3v) is 5.11. The van der Waals surface area contributed by atoms with Crippen LogP contribution in [0.4, 0.5) is 25.0 Å². The Balaban J connectivity index is 1.73. The van der Waals surface area contributed by atoms with Crippen molar-refractivity contribution in [3.8, 4) is 5.75 Å². The van der Waals surface area contributed by atoms with Crippen molar-refractivity contribution in [1.29, 1.82) is 0 Å². The molecule has 0 radical (unpaired) electrons. The monoisotopic (exact) mass is 465 g/mol. The molecule has 2 aromatic carbocycles. The van der Waals surface area contributed by atoms with Crippen molar-refractivity contribution in [1.82, 2.24) is 5.32 Å². The molecule has 0 fully saturated rings. The topological polar surface area (TPSA) is 96.5 Å². The summed E-state index contributed by atoms with van der Waals surface area (Å²) >= 11 is 7.01. The third kappa shape index (κ3) is 5.36. The van der Waals surface area contributed by atoms with Gasteiger partial charge in [-0.1, -0.05) is 17.7 Å². The summed E-state index contributed by atoms with van der Waals surface area (Å²) in [5.41, 5.74) is 0.0947. The minimum atomic E-state index is -1.29. The molecule has 1 aromatic heterocycles. The van der Waals surface area contributed by atoms with E-state index in [1.165, 1.54) is 30.6 Å². The summed E-state index contributed by atoms with van der Waals surface area (Å²) in [6.07, 6.45) is 0. The van der Waals surface area contributed by atoms with E-state index in [0.29, 0.717) is 22.7 Å². The lowest BCUT2D eigenvalue weighted by Crippen LogP contribution is -2.34. The molecule has 0 bridgehead atoms. The van der Waals surface area contributed by atoms with Crippen LogP contribution < -0.4 is 20.7 Å². The molecule has 0 aliphatic heterocycles. The first kappa shape index (κ1) is 22.2. The van der Waals surface area contributed by atoms with Crippen molar-refractivity contribution in [3.05, 3.63) is 74.9 Å². The van der Waals surface area contributed by atoms with E-state index in [9.17, 15) is 23.2 Å². The molecule has 160 valence electrons. The molecular weight excluding hydrogens is 452 g/mol. The number of carbonyl (C=O) groups excluding carboxylic acids is 3. The van der Waals surface area contributed by atoms with Crippen molar-refractivity contribution in [2.75, 3.05) is 17.7 Å². The van der Waals surface area contributed by atoms with Gasteiger partial charge in [0.15, 0.2) is 11.6 Å². The summed E-state index contributed by atoms with van der Waals surface area (Å²) in [5.74, 6) is -3.63. The number of hydrogen-bond acceptors (Lipinski definition) is 5. The number of methoxy groups -OCH3 is 1. The van der Waals surface area contributed by atoms with Crippen LogP contribution in [-0.4, -0.2) is 25.0 Å². The average Bonchev–Trinajstić information content (AvgIpc) is 3.26. The second-order valence-corrected chi connectivity index (χ2v) is 7.36. The summed E-state index contributed by atoms with van der Waals surface area (Å²) < 4.78 is 31.7. The standard InChI is InChI=1S/C20H14ClF2N3O4S/c1-30-16-5-4-10(24-19(28)17-3-2-6-31-17)7-15(16)25-20(29)26-18(27)11-8-13(22)14(23)9-12(11)21/h2-9H,1H3,(H,24,28)(H2,25,26,27,29). The number of urea groups is 1. The summed E-state index contributed by atoms with van der Waals surface area (Å²) in [6, 6.07) is 8.14. The number of thiophene rings is 1. The van der Waals surface area contributed by atoms with E-state index in [0.717, 1.165) is 0 Å². The molecule has 0 spiro atoms. The maximum absolute atomic E-state index is 13.4. The number of nitrogens with one attached hydrogen (secondary N) is 3. The number of ether oxygens (including phenoxy) is 1. The van der Waals surface area contributed by atoms with Gasteiger partial charge in [0, 0.05) is 5.69 Å². The van der Waals surface area contributed by atoms with E-state index in [1.54, 1.807) is 23.6 Å². The number of anilines is 2. The first-order valence-electron chi connectivity index (χ1n) is 8.58. The molecule has 0 aliphatic rings. The lowest BCUT2D eigenvalue weighted by Gasteiger charge is -2.13. The Hall–Kier alpha value is -3.50. The Kier molecular flexibility index (Phi) is 6.83. The van der Waals surface area contributed by atoms with Gasteiger partial charge in [0.05, 0.1) is 28.3 Å². The smallest absolute Gasteiger partial charge is 0.326 e. The molecule has 0 saturated heterocycles. The molecule has 1 heterocycles. The number of rotatable bonds is 5. The number of amides is 4. The molecule has 31 heavy (non-hydrogen) atoms. The largest absolute Gasteiger partial charge is 0.495 e. The van der Waals surface area contributed by atoms with Crippen LogP contribution in [0.5, 0.6) is 5.75 Å². The van der Waals surface area contributed by atoms with Crippen LogP contribution in [0.15, 0.2) is 47.8 Å². The van der Waals surface area contributed by atoms with Crippen molar-refractivity contribution in [2.24, 2.45) is 0 Å². The fourth-order valence-corrected chi connectivity index (χ4v) is 3.36. The van der Waals surface area contributed by atoms with E-state index in [4.69, 9.17) is 16.3 Å². The highest BCUT2D eigenvalue weighted by Gasteiger charge is 2.18. The highest BCUT2D eigenvalue weighted by Crippen LogP contribution is 2.28. The summed E-state index contributed by atoms with van der Waals surface area (Å²) in [7, 11) is 1.37. The quantitative estimate of drug-likeness (QED) is 0.467. The van der Waals surface area contributed by atoms with Gasteiger partial charge in [0.2, 0.25) is 0 Å². The number of benzene rings is 2. The zero-order valence-corrected chi connectivity index (χ0v) is 17.4. The second-order valence-electron chi connectivity index (χ2n) is 6.00. The maximum Gasteiger partial charge on any atom is 0.326 e. The SMILES string of the molecule is COc1ccc(NC(=O)c2cccs2)cc1NC(=O)NC(=O)c1cc(F)c(F)cc1Cl. The van der Waals surface area contributed by atoms with Crippen LogP contribution in [0.1, 0.15) is 20.0 Å². The van der Waals surface area contributed by atoms with E-state index < -0.39 is 29.1 Å². The van der Waals surface area contributed by atoms with Gasteiger partial charge < -0.3 is 15.4 Å². The molecule has 0 unspecified atom stereocenters. The normalized spacial score (nSPS) is 10.3. The van der Waals surface area contributed by atoms with E-state index >= 15 is 0 Å². The van der Waals surface area contributed by atoms with Gasteiger partial charge >= 0.3 is 6.03 Å². The number of carbonyl (C=O) groups is 3. The molecule has 0 aliphatic carbocycles. The summed E-state index contributed by atoms with van der Waals surface area (Å²) in [6.45, 7) is 0. The Labute approximate surface area is 184 Å². The average molecular weight is 466 g/mol. The van der Waals surface area contributed by atoms with Crippen molar-refractivity contribution < 1.29 is 27.9 Å². The summed E-state index contributed by atoms with van der Waals surface area (Å²) in [5, 5.41) is 8.44. The van der Waals surface area contributed by atoms with Crippen LogP contribution in [0.25, 0.3) is 0 Å². The van der Waals surface area contributed by atoms with Gasteiger partial charge in [0.25, 0.3) is 11.8 Å². The van der Waals surface area contributed by atoms with Crippen LogP contribution in [0.3, 0.4) is 0 Å². The highest BCUT2D eigenvalue weighted by atomic mass is 35.5. The Morgan fingerprint density at radius 3 is 2.42 bits per heavy atom. The molecule has 7 nitrogen and oxygen atoms in total. The highest BCUT2D eigenvalue weighted by molar-refractivity contribution is 7.12. The third-order valence-electron chi connectivity index (χ3n) is 3.93. The van der Waals surface area contributed by atoms with Crippen LogP contribution in [0, 0.1) is 11.6 Å². The zero-order chi connectivity index (χ0) is 22.5.